The SMILES string of the molecule is CCCCOCC1O[C@H](OC)C(OCCCC)C(OCCCC)[C@@H]1O[C@@H]1OC(C(=O)OC)[C@@H](O)C(OC)C1OC. The maximum Gasteiger partial charge on any atom is 0.337 e. The molecule has 0 saturated carbocycles. The van der Waals surface area contributed by atoms with Gasteiger partial charge in [-0.15, -0.1) is 0 Å². The summed E-state index contributed by atoms with van der Waals surface area (Å²) in [5, 5.41) is 10.8. The minimum Gasteiger partial charge on any atom is -0.467 e. The van der Waals surface area contributed by atoms with Crippen molar-refractivity contribution in [2.24, 2.45) is 0 Å². The minimum absolute atomic E-state index is 0.209. The average molecular weight is 581 g/mol. The highest BCUT2D eigenvalue weighted by molar-refractivity contribution is 5.75. The van der Waals surface area contributed by atoms with Gasteiger partial charge >= 0.3 is 5.97 Å². The Balaban J connectivity index is 2.44. The number of aliphatic hydroxyl groups excluding tert-OH is 1. The number of methoxy groups -OCH3 is 4. The second-order valence-corrected chi connectivity index (χ2v) is 10.0. The third kappa shape index (κ3) is 9.55. The quantitative estimate of drug-likeness (QED) is 0.178. The van der Waals surface area contributed by atoms with Crippen LogP contribution in [0.15, 0.2) is 0 Å². The molecule has 2 aliphatic rings. The summed E-state index contributed by atoms with van der Waals surface area (Å²) in [6.45, 7) is 7.99. The fraction of sp³-hybridized carbons (Fsp3) is 0.964. The van der Waals surface area contributed by atoms with Gasteiger partial charge in [-0.25, -0.2) is 4.79 Å². The van der Waals surface area contributed by atoms with Crippen LogP contribution in [0.1, 0.15) is 59.3 Å². The van der Waals surface area contributed by atoms with Gasteiger partial charge in [-0.1, -0.05) is 40.0 Å². The molecular formula is C28H52O12. The Hall–Kier alpha value is -0.930. The highest BCUT2D eigenvalue weighted by Crippen LogP contribution is 2.34. The van der Waals surface area contributed by atoms with Gasteiger partial charge in [0.2, 0.25) is 0 Å². The molecule has 12 heteroatoms. The summed E-state index contributed by atoms with van der Waals surface area (Å²) in [7, 11) is 5.66. The minimum atomic E-state index is -1.35. The van der Waals surface area contributed by atoms with Crippen LogP contribution in [0.3, 0.4) is 0 Å². The van der Waals surface area contributed by atoms with Crippen molar-refractivity contribution in [3.63, 3.8) is 0 Å². The molecule has 2 rings (SSSR count). The predicted molar refractivity (Wildman–Crippen MR) is 144 cm³/mol. The van der Waals surface area contributed by atoms with E-state index in [1.54, 1.807) is 7.11 Å². The molecule has 2 saturated heterocycles. The molecule has 0 spiro atoms. The summed E-state index contributed by atoms with van der Waals surface area (Å²) in [5.41, 5.74) is 0. The largest absolute Gasteiger partial charge is 0.467 e. The molecule has 12 nitrogen and oxygen atoms in total. The normalized spacial score (nSPS) is 34.6. The lowest BCUT2D eigenvalue weighted by Crippen LogP contribution is -2.66. The van der Waals surface area contributed by atoms with Crippen LogP contribution in [-0.2, 0) is 52.2 Å². The highest BCUT2D eigenvalue weighted by atomic mass is 16.8. The van der Waals surface area contributed by atoms with E-state index in [9.17, 15) is 9.90 Å². The van der Waals surface area contributed by atoms with Gasteiger partial charge in [-0.3, -0.25) is 0 Å². The van der Waals surface area contributed by atoms with Crippen molar-refractivity contribution in [2.75, 3.05) is 54.9 Å². The van der Waals surface area contributed by atoms with Gasteiger partial charge in [-0.05, 0) is 19.3 Å². The number of hydrogen-bond acceptors (Lipinski definition) is 12. The summed E-state index contributed by atoms with van der Waals surface area (Å²) >= 11 is 0. The van der Waals surface area contributed by atoms with E-state index in [0.29, 0.717) is 19.8 Å². The first-order chi connectivity index (χ1) is 19.4. The zero-order valence-corrected chi connectivity index (χ0v) is 25.3. The van der Waals surface area contributed by atoms with Gasteiger partial charge in [0, 0.05) is 41.2 Å². The molecule has 0 amide bonds. The number of esters is 1. The Morgan fingerprint density at radius 3 is 1.85 bits per heavy atom. The molecular weight excluding hydrogens is 528 g/mol. The Kier molecular flexibility index (Phi) is 17.0. The Morgan fingerprint density at radius 2 is 1.30 bits per heavy atom. The van der Waals surface area contributed by atoms with E-state index >= 15 is 0 Å². The van der Waals surface area contributed by atoms with Gasteiger partial charge in [0.1, 0.15) is 42.7 Å². The first kappa shape index (κ1) is 35.3. The summed E-state index contributed by atoms with van der Waals surface area (Å²) < 4.78 is 59.3. The first-order valence-electron chi connectivity index (χ1n) is 14.5. The van der Waals surface area contributed by atoms with Crippen LogP contribution in [0.25, 0.3) is 0 Å². The van der Waals surface area contributed by atoms with Crippen molar-refractivity contribution in [2.45, 2.75) is 121 Å². The van der Waals surface area contributed by atoms with E-state index in [1.165, 1.54) is 21.3 Å². The standard InChI is InChI=1S/C28H52O12/c1-8-11-14-35-17-18-20(23(36-15-12-9-2)25(27(34-7)38-18)37-16-13-10-3)39-28-24(32-5)21(31-4)19(29)22(40-28)26(30)33-6/h18-25,27-29H,8-17H2,1-7H3/t18?,19-,20+,21?,22?,23?,24?,25?,27-,28+/m0/s1. The fourth-order valence-corrected chi connectivity index (χ4v) is 4.82. The molecule has 2 fully saturated rings. The van der Waals surface area contributed by atoms with Gasteiger partial charge in [0.15, 0.2) is 18.7 Å². The highest BCUT2D eigenvalue weighted by Gasteiger charge is 2.54. The number of aliphatic hydroxyl groups is 1. The number of ether oxygens (including phenoxy) is 10. The van der Waals surface area contributed by atoms with E-state index < -0.39 is 67.4 Å². The molecule has 0 aromatic heterocycles. The molecule has 0 radical (unpaired) electrons. The molecule has 1 N–H and O–H groups in total. The van der Waals surface area contributed by atoms with Crippen molar-refractivity contribution < 1.29 is 57.3 Å². The Bertz CT molecular complexity index is 682. The Labute approximate surface area is 239 Å². The summed E-state index contributed by atoms with van der Waals surface area (Å²) in [6, 6.07) is 0. The average Bonchev–Trinajstić information content (AvgIpc) is 2.97. The molecule has 0 aliphatic carbocycles. The topological polar surface area (TPSA) is 130 Å². The second kappa shape index (κ2) is 19.3. The van der Waals surface area contributed by atoms with Crippen LogP contribution in [0.4, 0.5) is 0 Å². The monoisotopic (exact) mass is 580 g/mol. The molecule has 0 aromatic rings. The van der Waals surface area contributed by atoms with Crippen LogP contribution in [0.2, 0.25) is 0 Å². The smallest absolute Gasteiger partial charge is 0.337 e. The van der Waals surface area contributed by atoms with Crippen LogP contribution >= 0.6 is 0 Å². The van der Waals surface area contributed by atoms with Crippen LogP contribution in [0, 0.1) is 0 Å². The maximum absolute atomic E-state index is 12.5. The van der Waals surface area contributed by atoms with E-state index in [1.807, 2.05) is 0 Å². The number of rotatable bonds is 19. The zero-order chi connectivity index (χ0) is 29.5. The van der Waals surface area contributed by atoms with Gasteiger partial charge in [-0.2, -0.15) is 0 Å². The molecule has 236 valence electrons. The van der Waals surface area contributed by atoms with Crippen molar-refractivity contribution in [1.29, 1.82) is 0 Å². The van der Waals surface area contributed by atoms with Crippen LogP contribution < -0.4 is 0 Å². The van der Waals surface area contributed by atoms with E-state index in [0.717, 1.165) is 38.5 Å². The summed E-state index contributed by atoms with van der Waals surface area (Å²) in [6.07, 6.45) is -3.46. The molecule has 2 aliphatic heterocycles. The third-order valence-corrected chi connectivity index (χ3v) is 7.15. The number of carbonyl (C=O) groups excluding carboxylic acids is 1. The fourth-order valence-electron chi connectivity index (χ4n) is 4.82. The number of hydrogen-bond donors (Lipinski definition) is 1. The molecule has 2 heterocycles. The molecule has 10 atom stereocenters. The molecule has 0 bridgehead atoms. The lowest BCUT2D eigenvalue weighted by atomic mass is 9.96. The molecule has 6 unspecified atom stereocenters. The van der Waals surface area contributed by atoms with Crippen molar-refractivity contribution in [1.82, 2.24) is 0 Å². The van der Waals surface area contributed by atoms with Gasteiger partial charge in [0.05, 0.1) is 13.7 Å². The zero-order valence-electron chi connectivity index (χ0n) is 25.3. The predicted octanol–water partition coefficient (Wildman–Crippen LogP) is 2.22. The summed E-state index contributed by atoms with van der Waals surface area (Å²) in [5.74, 6) is -0.756. The molecule has 40 heavy (non-hydrogen) atoms. The second-order valence-electron chi connectivity index (χ2n) is 10.0. The van der Waals surface area contributed by atoms with E-state index in [2.05, 4.69) is 20.8 Å². The van der Waals surface area contributed by atoms with Gasteiger partial charge < -0.3 is 52.5 Å². The number of carbonyl (C=O) groups is 1. The number of unbranched alkanes of at least 4 members (excludes halogenated alkanes) is 3. The third-order valence-electron chi connectivity index (χ3n) is 7.15. The molecule has 0 aromatic carbocycles. The van der Waals surface area contributed by atoms with Crippen molar-refractivity contribution >= 4 is 5.97 Å². The van der Waals surface area contributed by atoms with Gasteiger partial charge in [0.25, 0.3) is 0 Å². The van der Waals surface area contributed by atoms with Crippen molar-refractivity contribution in [3.8, 4) is 0 Å². The first-order valence-corrected chi connectivity index (χ1v) is 14.5. The van der Waals surface area contributed by atoms with E-state index in [4.69, 9.17) is 47.4 Å². The van der Waals surface area contributed by atoms with Crippen LogP contribution in [0.5, 0.6) is 0 Å². The van der Waals surface area contributed by atoms with Crippen LogP contribution in [-0.4, -0.2) is 127 Å². The van der Waals surface area contributed by atoms with Crippen molar-refractivity contribution in [3.05, 3.63) is 0 Å². The lowest BCUT2D eigenvalue weighted by Gasteiger charge is -2.48. The maximum atomic E-state index is 12.5. The summed E-state index contributed by atoms with van der Waals surface area (Å²) in [4.78, 5) is 12.5. The van der Waals surface area contributed by atoms with E-state index in [-0.39, 0.29) is 6.61 Å². The lowest BCUT2D eigenvalue weighted by molar-refractivity contribution is -0.364. The Morgan fingerprint density at radius 1 is 0.700 bits per heavy atom.